The smallest absolute Gasteiger partial charge is 0.301 e. The summed E-state index contributed by atoms with van der Waals surface area (Å²) in [6.07, 6.45) is 1.75. The molecule has 0 saturated carbocycles. The molecule has 0 aliphatic carbocycles. The lowest BCUT2D eigenvalue weighted by Crippen LogP contribution is -2.36. The Kier molecular flexibility index (Phi) is 4.80. The van der Waals surface area contributed by atoms with Crippen LogP contribution in [0.15, 0.2) is 10.5 Å². The summed E-state index contributed by atoms with van der Waals surface area (Å²) in [7, 11) is 0. The van der Waals surface area contributed by atoms with Crippen LogP contribution in [0.25, 0.3) is 0 Å². The number of aryl methyl sites for hydroxylation is 1. The summed E-state index contributed by atoms with van der Waals surface area (Å²) < 4.78 is 5.56. The van der Waals surface area contributed by atoms with Crippen molar-refractivity contribution in [2.24, 2.45) is 11.8 Å². The molecule has 0 radical (unpaired) electrons. The molecule has 1 aliphatic rings. The molecule has 0 spiro atoms. The minimum atomic E-state index is -0.401. The monoisotopic (exact) mass is 281 g/mol. The lowest BCUT2D eigenvalue weighted by atomic mass is 9.92. The number of likely N-dealkylation sites (tertiary alicyclic amines) is 1. The molecule has 1 aromatic heterocycles. The molecule has 1 atom stereocenters. The van der Waals surface area contributed by atoms with Crippen molar-refractivity contribution in [2.75, 3.05) is 13.1 Å². The van der Waals surface area contributed by atoms with Crippen molar-refractivity contribution in [2.45, 2.75) is 39.3 Å². The maximum Gasteiger partial charge on any atom is 0.301 e. The van der Waals surface area contributed by atoms with Gasteiger partial charge >= 0.3 is 5.91 Å². The van der Waals surface area contributed by atoms with Gasteiger partial charge in [0.25, 0.3) is 0 Å². The molecule has 1 aliphatic heterocycles. The van der Waals surface area contributed by atoms with Crippen LogP contribution in [0.3, 0.4) is 0 Å². The average Bonchev–Trinajstić information content (AvgIpc) is 2.79. The van der Waals surface area contributed by atoms with Gasteiger partial charge in [0.05, 0.1) is 12.6 Å². The van der Waals surface area contributed by atoms with Crippen LogP contribution in [0.4, 0.5) is 0 Å². The predicted octanol–water partition coefficient (Wildman–Crippen LogP) is 0.784. The standard InChI is InChI=1S/C14H23N3O3/c1-9-7-12(20-13(9)14(19)16-15)8-17-5-3-11(4-6-17)10(2)18/h7,10-11,18H,3-6,8,15H2,1-2H3,(H,16,19). The van der Waals surface area contributed by atoms with Crippen molar-refractivity contribution >= 4 is 5.91 Å². The van der Waals surface area contributed by atoms with Crippen LogP contribution in [-0.2, 0) is 6.54 Å². The Balaban J connectivity index is 1.93. The molecule has 1 unspecified atom stereocenters. The van der Waals surface area contributed by atoms with E-state index in [1.54, 1.807) is 0 Å². The lowest BCUT2D eigenvalue weighted by molar-refractivity contribution is 0.0669. The number of amides is 1. The van der Waals surface area contributed by atoms with Crippen LogP contribution in [0, 0.1) is 12.8 Å². The molecule has 1 fully saturated rings. The number of aliphatic hydroxyl groups is 1. The first-order valence-corrected chi connectivity index (χ1v) is 7.02. The van der Waals surface area contributed by atoms with Crippen molar-refractivity contribution in [1.29, 1.82) is 0 Å². The van der Waals surface area contributed by atoms with Gasteiger partial charge in [-0.25, -0.2) is 5.84 Å². The number of hydrogen-bond donors (Lipinski definition) is 3. The molecule has 0 bridgehead atoms. The van der Waals surface area contributed by atoms with Gasteiger partial charge in [-0.1, -0.05) is 0 Å². The van der Waals surface area contributed by atoms with E-state index in [0.29, 0.717) is 12.5 Å². The van der Waals surface area contributed by atoms with Crippen molar-refractivity contribution in [3.63, 3.8) is 0 Å². The Morgan fingerprint density at radius 2 is 2.25 bits per heavy atom. The highest BCUT2D eigenvalue weighted by Gasteiger charge is 2.24. The second-order valence-electron chi connectivity index (χ2n) is 5.55. The van der Waals surface area contributed by atoms with Gasteiger partial charge in [-0.2, -0.15) is 0 Å². The topological polar surface area (TPSA) is 91.7 Å². The highest BCUT2D eigenvalue weighted by atomic mass is 16.4. The quantitative estimate of drug-likeness (QED) is 0.431. The molecular weight excluding hydrogens is 258 g/mol. The van der Waals surface area contributed by atoms with E-state index in [9.17, 15) is 9.90 Å². The number of nitrogens with two attached hydrogens (primary N) is 1. The number of carbonyl (C=O) groups is 1. The number of nitrogens with zero attached hydrogens (tertiary/aromatic N) is 1. The molecule has 112 valence electrons. The first-order chi connectivity index (χ1) is 9.51. The number of nitrogen functional groups attached to an aromatic ring is 1. The number of aliphatic hydroxyl groups excluding tert-OH is 1. The minimum Gasteiger partial charge on any atom is -0.454 e. The third-order valence-corrected chi connectivity index (χ3v) is 4.00. The molecule has 2 rings (SSSR count). The van der Waals surface area contributed by atoms with Crippen LogP contribution in [0.5, 0.6) is 0 Å². The Morgan fingerprint density at radius 1 is 1.60 bits per heavy atom. The van der Waals surface area contributed by atoms with E-state index in [0.717, 1.165) is 37.3 Å². The van der Waals surface area contributed by atoms with Gasteiger partial charge in [0.1, 0.15) is 5.76 Å². The number of nitrogens with one attached hydrogen (secondary N) is 1. The largest absolute Gasteiger partial charge is 0.454 e. The van der Waals surface area contributed by atoms with E-state index in [1.165, 1.54) is 0 Å². The van der Waals surface area contributed by atoms with Gasteiger partial charge in [0, 0.05) is 5.56 Å². The molecule has 0 aromatic carbocycles. The zero-order valence-electron chi connectivity index (χ0n) is 12.1. The number of hydrazine groups is 1. The Bertz CT molecular complexity index is 462. The molecule has 4 N–H and O–H groups in total. The molecule has 1 aromatic rings. The molecule has 1 amide bonds. The summed E-state index contributed by atoms with van der Waals surface area (Å²) in [6.45, 7) is 6.25. The van der Waals surface area contributed by atoms with E-state index in [4.69, 9.17) is 10.3 Å². The van der Waals surface area contributed by atoms with E-state index >= 15 is 0 Å². The maximum absolute atomic E-state index is 11.5. The predicted molar refractivity (Wildman–Crippen MR) is 74.8 cm³/mol. The summed E-state index contributed by atoms with van der Waals surface area (Å²) in [5, 5.41) is 9.59. The Morgan fingerprint density at radius 3 is 2.80 bits per heavy atom. The fourth-order valence-corrected chi connectivity index (χ4v) is 2.73. The highest BCUT2D eigenvalue weighted by Crippen LogP contribution is 2.23. The van der Waals surface area contributed by atoms with Crippen LogP contribution in [0.1, 0.15) is 41.6 Å². The summed E-state index contributed by atoms with van der Waals surface area (Å²) in [5.74, 6) is 6.16. The van der Waals surface area contributed by atoms with Crippen LogP contribution in [-0.4, -0.2) is 35.1 Å². The number of carbonyl (C=O) groups excluding carboxylic acids is 1. The van der Waals surface area contributed by atoms with Crippen molar-refractivity contribution in [3.8, 4) is 0 Å². The number of rotatable bonds is 4. The van der Waals surface area contributed by atoms with Crippen LogP contribution in [0.2, 0.25) is 0 Å². The van der Waals surface area contributed by atoms with Gasteiger partial charge < -0.3 is 9.52 Å². The molecule has 1 saturated heterocycles. The fourth-order valence-electron chi connectivity index (χ4n) is 2.73. The van der Waals surface area contributed by atoms with Gasteiger partial charge in [0.15, 0.2) is 5.76 Å². The average molecular weight is 281 g/mol. The third kappa shape index (κ3) is 3.39. The molecular formula is C14H23N3O3. The highest BCUT2D eigenvalue weighted by molar-refractivity contribution is 5.92. The van der Waals surface area contributed by atoms with Crippen LogP contribution >= 0.6 is 0 Å². The summed E-state index contributed by atoms with van der Waals surface area (Å²) >= 11 is 0. The minimum absolute atomic E-state index is 0.233. The van der Waals surface area contributed by atoms with Gasteiger partial charge in [-0.05, 0) is 51.8 Å². The number of hydrogen-bond acceptors (Lipinski definition) is 5. The number of piperidine rings is 1. The second kappa shape index (κ2) is 6.39. The van der Waals surface area contributed by atoms with E-state index in [1.807, 2.05) is 19.9 Å². The van der Waals surface area contributed by atoms with Gasteiger partial charge in [-0.3, -0.25) is 15.1 Å². The normalized spacial score (nSPS) is 19.0. The summed E-state index contributed by atoms with van der Waals surface area (Å²) in [6, 6.07) is 1.88. The van der Waals surface area contributed by atoms with Crippen LogP contribution < -0.4 is 11.3 Å². The van der Waals surface area contributed by atoms with Gasteiger partial charge in [0.2, 0.25) is 0 Å². The number of furan rings is 1. The first kappa shape index (κ1) is 15.0. The summed E-state index contributed by atoms with van der Waals surface area (Å²) in [4.78, 5) is 13.8. The third-order valence-electron chi connectivity index (χ3n) is 4.00. The van der Waals surface area contributed by atoms with E-state index < -0.39 is 5.91 Å². The van der Waals surface area contributed by atoms with E-state index in [2.05, 4.69) is 10.3 Å². The summed E-state index contributed by atoms with van der Waals surface area (Å²) in [5.41, 5.74) is 2.88. The van der Waals surface area contributed by atoms with E-state index in [-0.39, 0.29) is 11.9 Å². The maximum atomic E-state index is 11.5. The zero-order valence-corrected chi connectivity index (χ0v) is 12.1. The Hall–Kier alpha value is -1.37. The first-order valence-electron chi connectivity index (χ1n) is 7.02. The van der Waals surface area contributed by atoms with Gasteiger partial charge in [-0.15, -0.1) is 0 Å². The Labute approximate surface area is 118 Å². The zero-order chi connectivity index (χ0) is 14.7. The van der Waals surface area contributed by atoms with Crippen molar-refractivity contribution in [1.82, 2.24) is 10.3 Å². The molecule has 2 heterocycles. The lowest BCUT2D eigenvalue weighted by Gasteiger charge is -2.32. The fraction of sp³-hybridized carbons (Fsp3) is 0.643. The SMILES string of the molecule is Cc1cc(CN2CCC(C(C)O)CC2)oc1C(=O)NN. The van der Waals surface area contributed by atoms with Crippen molar-refractivity contribution in [3.05, 3.63) is 23.2 Å². The second-order valence-corrected chi connectivity index (χ2v) is 5.55. The molecule has 6 heteroatoms. The molecule has 20 heavy (non-hydrogen) atoms. The molecule has 6 nitrogen and oxygen atoms in total. The van der Waals surface area contributed by atoms with Crippen molar-refractivity contribution < 1.29 is 14.3 Å².